The van der Waals surface area contributed by atoms with Gasteiger partial charge in [0.25, 0.3) is 11.5 Å². The molecule has 4 N–H and O–H groups in total. The molecule has 0 saturated heterocycles. The van der Waals surface area contributed by atoms with Gasteiger partial charge in [-0.3, -0.25) is 23.6 Å². The topological polar surface area (TPSA) is 201 Å². The van der Waals surface area contributed by atoms with Crippen molar-refractivity contribution < 1.29 is 19.0 Å². The van der Waals surface area contributed by atoms with Gasteiger partial charge in [0.15, 0.2) is 16.5 Å². The van der Waals surface area contributed by atoms with Gasteiger partial charge in [0.1, 0.15) is 5.75 Å². The molecule has 1 aliphatic carbocycles. The molecule has 0 saturated carbocycles. The standard InChI is InChI=1S/C10H9NO.C10H12.C9H10N2O.2C9H9N.C9H10O.C8H8N2O.C8H8N2.C8H7NS.C8H8O2.C6H6N2S.11C2H6/c1-7-6-8-4-2-3-5-9(8)11-10(7)12;1-8-6-7-9-4-2-3-5-10(8)9;1-8-4-7-10-5-2-3-6-11(10)9(8)12;1-7-6-10-9-5-3-2-4-8(7)9;1-7-6-8-4-2-3-5-9(8)10-7;1-7-2-3-9-8(6-7)4-5-10-9;1-10-7-5-3-2-4-6(7)9-8(10)11;1-10-6-9-7-4-2-3-5-8(7)10;2*1-6-2-3-7-8(4-6)10-5-9-7;1-5-4-7-6-8(5)2-3-9-6;11*1-2/h2-6H,1H3,(H,11,12);2-5,8H,6-7H2,1H3;2-6H,7H2,1H3;2*2-6,10H,1H3;2-3,6H,4-5H2,1H3;2-5H,1H3,(H,9,11);2-6H,1H3;2-5H,1H3;2-4H,5H2,1H3;2-4H,1H3;11*1-2H3. The van der Waals surface area contributed by atoms with Gasteiger partial charge in [-0.1, -0.05) is 298 Å². The number of thiazole rings is 2. The predicted octanol–water partition coefficient (Wildman–Crippen LogP) is 32.2. The van der Waals surface area contributed by atoms with Crippen LogP contribution in [0.4, 0.5) is 0 Å². The first-order valence-corrected chi connectivity index (χ1v) is 50.7. The van der Waals surface area contributed by atoms with E-state index >= 15 is 0 Å². The summed E-state index contributed by atoms with van der Waals surface area (Å²) in [5.41, 5.74) is 24.0. The first-order valence-electron chi connectivity index (χ1n) is 48.9. The molecule has 1 atom stereocenters. The number of nitrogens with zero attached hydrogens (tertiary/aromatic N) is 8. The van der Waals surface area contributed by atoms with Gasteiger partial charge in [-0.15, -0.1) is 22.7 Å². The minimum absolute atomic E-state index is 0.00583. The lowest BCUT2D eigenvalue weighted by Gasteiger charge is -2.35. The second kappa shape index (κ2) is 70.6. The van der Waals surface area contributed by atoms with Crippen LogP contribution in [-0.2, 0) is 31.7 Å². The average Bonchev–Trinajstić information content (AvgIpc) is 1.44. The van der Waals surface area contributed by atoms with Crippen molar-refractivity contribution in [2.75, 3.05) is 19.9 Å². The third-order valence-electron chi connectivity index (χ3n) is 19.5. The summed E-state index contributed by atoms with van der Waals surface area (Å²) in [6.07, 6.45) is 20.9. The summed E-state index contributed by atoms with van der Waals surface area (Å²) in [5.74, 6) is 3.65. The summed E-state index contributed by atoms with van der Waals surface area (Å²) in [4.78, 5) is 59.3. The van der Waals surface area contributed by atoms with Crippen LogP contribution in [0.15, 0.2) is 294 Å². The summed E-state index contributed by atoms with van der Waals surface area (Å²) in [6, 6.07) is 71.4. The minimum Gasteiger partial charge on any atom is -0.493 e. The summed E-state index contributed by atoms with van der Waals surface area (Å²) in [7, 11) is 3.75. The maximum absolute atomic E-state index is 11.5. The zero-order chi connectivity index (χ0) is 102. The van der Waals surface area contributed by atoms with Crippen LogP contribution in [0.2, 0.25) is 0 Å². The number of aromatic amines is 4. The van der Waals surface area contributed by atoms with E-state index in [0.717, 1.165) is 91.8 Å². The number of aromatic nitrogens is 10. The van der Waals surface area contributed by atoms with Crippen LogP contribution in [0.5, 0.6) is 17.2 Å². The smallest absolute Gasteiger partial charge is 0.326 e. The first-order chi connectivity index (χ1) is 66.3. The fourth-order valence-corrected chi connectivity index (χ4v) is 14.6. The van der Waals surface area contributed by atoms with Crippen LogP contribution in [0, 0.1) is 48.5 Å². The highest BCUT2D eigenvalue weighted by Crippen LogP contribution is 2.33. The van der Waals surface area contributed by atoms with E-state index in [1.165, 1.54) is 84.1 Å². The number of imidazole rings is 3. The molecule has 0 bridgehead atoms. The Hall–Kier alpha value is -13.0. The van der Waals surface area contributed by atoms with Crippen molar-refractivity contribution in [1.29, 1.82) is 0 Å². The molecular weight excluding hydrogens is 1720 g/mol. The number of amides is 1. The highest BCUT2D eigenvalue weighted by Gasteiger charge is 2.23. The van der Waals surface area contributed by atoms with E-state index < -0.39 is 0 Å². The van der Waals surface area contributed by atoms with Gasteiger partial charge in [-0.05, 0) is 215 Å². The van der Waals surface area contributed by atoms with E-state index in [-0.39, 0.29) is 17.2 Å². The second-order valence-corrected chi connectivity index (χ2v) is 29.9. The summed E-state index contributed by atoms with van der Waals surface area (Å²) < 4.78 is 22.6. The summed E-state index contributed by atoms with van der Waals surface area (Å²) in [6.45, 7) is 64.4. The molecule has 9 aromatic carbocycles. The number of H-pyrrole nitrogens is 4. The predicted molar refractivity (Wildman–Crippen MR) is 593 cm³/mol. The second-order valence-electron chi connectivity index (χ2n) is 28.1. The van der Waals surface area contributed by atoms with Gasteiger partial charge < -0.3 is 38.7 Å². The van der Waals surface area contributed by atoms with E-state index in [2.05, 4.69) is 183 Å². The number of carbonyl (C=O) groups is 1. The minimum atomic E-state index is -0.0637. The molecule has 12 heterocycles. The van der Waals surface area contributed by atoms with Gasteiger partial charge >= 0.3 is 5.69 Å². The molecule has 0 radical (unpaired) electrons. The van der Waals surface area contributed by atoms with Gasteiger partial charge in [0.05, 0.1) is 57.3 Å². The van der Waals surface area contributed by atoms with E-state index in [4.69, 9.17) is 14.2 Å². The number of hydrazine groups is 1. The van der Waals surface area contributed by atoms with Gasteiger partial charge in [-0.25, -0.2) is 24.8 Å². The van der Waals surface area contributed by atoms with E-state index in [0.29, 0.717) is 6.79 Å². The maximum Gasteiger partial charge on any atom is 0.326 e. The molecule has 136 heavy (non-hydrogen) atoms. The largest absolute Gasteiger partial charge is 0.493 e. The van der Waals surface area contributed by atoms with Gasteiger partial charge in [-0.2, -0.15) is 0 Å². The van der Waals surface area contributed by atoms with Crippen LogP contribution in [0.1, 0.15) is 234 Å². The molecular formula is C116H162N12O6S2. The Bertz CT molecular complexity index is 6130. The Kier molecular flexibility index (Phi) is 62.8. The average molecular weight is 1880 g/mol. The zero-order valence-electron chi connectivity index (χ0n) is 88.2. The van der Waals surface area contributed by atoms with E-state index in [1.54, 1.807) is 56.6 Å². The fraction of sp³-hybridized carbons (Fsp3) is 0.345. The molecule has 18 nitrogen and oxygen atoms in total. The van der Waals surface area contributed by atoms with Crippen molar-refractivity contribution in [2.45, 2.75) is 240 Å². The SMILES string of the molecule is CC.CC.CC.CC.CC.CC.CC.CC.CC.CC.CC.CC1=CCN2C=CC=CN2C1=O.CC1CCc2ccccc21.Cc1c[nH]c2ccccc12.Cc1cc2ccccc2[nH]1.Cc1cc2ccccc2[nH]c1=O.Cc1ccc2c(c1)CCO2.Cc1ccc2c(c1)OCO2.Cc1ccc2ncsc2c1.Cc1cnc2sccn12.Cn1c(=O)[nH]c2ccccc21.Cn1cnc2ccccc21. The number of aryl methyl sites for hydroxylation is 10. The van der Waals surface area contributed by atoms with Crippen LogP contribution in [-0.4, -0.2) is 84.3 Å². The number of carbonyl (C=O) groups excluding carboxylic acids is 1. The lowest BCUT2D eigenvalue weighted by atomic mass is 10.0. The molecule has 8 aromatic heterocycles. The number of hydrogen-bond donors (Lipinski definition) is 4. The molecule has 1 amide bonds. The molecule has 1 unspecified atom stereocenters. The Morgan fingerprint density at radius 3 is 1.64 bits per heavy atom. The van der Waals surface area contributed by atoms with E-state index in [1.807, 2.05) is 360 Å². The Morgan fingerprint density at radius 2 is 1.01 bits per heavy atom. The lowest BCUT2D eigenvalue weighted by Crippen LogP contribution is -2.44. The number of pyridine rings is 1. The third kappa shape index (κ3) is 38.7. The van der Waals surface area contributed by atoms with Crippen LogP contribution < -0.4 is 25.5 Å². The van der Waals surface area contributed by atoms with Crippen molar-refractivity contribution >= 4 is 98.5 Å². The summed E-state index contributed by atoms with van der Waals surface area (Å²) >= 11 is 3.35. The first kappa shape index (κ1) is 121. The number of allylic oxidation sites excluding steroid dienone is 2. The van der Waals surface area contributed by atoms with Gasteiger partial charge in [0.2, 0.25) is 6.79 Å². The number of benzene rings is 9. The molecule has 17 aromatic rings. The number of para-hydroxylation sites is 7. The number of nitrogens with one attached hydrogen (secondary N) is 4. The molecule has 22 rings (SSSR count). The number of rotatable bonds is 0. The number of fused-ring (bicyclic) bond motifs is 11. The fourth-order valence-electron chi connectivity index (χ4n) is 13.1. The van der Waals surface area contributed by atoms with Gasteiger partial charge in [0, 0.05) is 101 Å². The lowest BCUT2D eigenvalue weighted by molar-refractivity contribution is -0.135. The Balaban J connectivity index is 0.000000733. The van der Waals surface area contributed by atoms with Crippen molar-refractivity contribution in [1.82, 2.24) is 58.4 Å². The Morgan fingerprint density at radius 1 is 0.456 bits per heavy atom. The highest BCUT2D eigenvalue weighted by atomic mass is 32.1. The van der Waals surface area contributed by atoms with Crippen LogP contribution >= 0.6 is 22.7 Å². The van der Waals surface area contributed by atoms with Crippen LogP contribution in [0.3, 0.4) is 0 Å². The molecule has 0 spiro atoms. The molecule has 0 fully saturated rings. The van der Waals surface area contributed by atoms with Crippen molar-refractivity contribution in [3.63, 3.8) is 0 Å². The summed E-state index contributed by atoms with van der Waals surface area (Å²) in [5, 5.41) is 9.22. The number of hydrogen-bond acceptors (Lipinski definition) is 12. The molecule has 20 heteroatoms. The molecule has 5 aliphatic rings. The van der Waals surface area contributed by atoms with Crippen molar-refractivity contribution in [3.8, 4) is 17.2 Å². The zero-order valence-corrected chi connectivity index (χ0v) is 89.9. The monoisotopic (exact) mass is 1880 g/mol. The quantitative estimate of drug-likeness (QED) is 0.113. The maximum atomic E-state index is 11.5. The normalized spacial score (nSPS) is 11.7. The van der Waals surface area contributed by atoms with Crippen molar-refractivity contribution in [2.24, 2.45) is 14.1 Å². The third-order valence-corrected chi connectivity index (χ3v) is 21.0. The van der Waals surface area contributed by atoms with Crippen LogP contribution in [0.25, 0.3) is 70.0 Å². The number of ether oxygens (including phenoxy) is 3. The van der Waals surface area contributed by atoms with E-state index in [9.17, 15) is 14.4 Å². The molecule has 734 valence electrons. The highest BCUT2D eigenvalue weighted by molar-refractivity contribution is 7.16. The Labute approximate surface area is 822 Å². The van der Waals surface area contributed by atoms with Crippen molar-refractivity contribution in [3.05, 3.63) is 361 Å². The molecule has 4 aliphatic heterocycles.